The number of ether oxygens (including phenoxy) is 1. The third-order valence-corrected chi connectivity index (χ3v) is 4.19. The van der Waals surface area contributed by atoms with Gasteiger partial charge < -0.3 is 19.4 Å². The van der Waals surface area contributed by atoms with Gasteiger partial charge in [0.15, 0.2) is 0 Å². The molecule has 1 N–H and O–H groups in total. The molecule has 1 amide bonds. The molecule has 0 spiro atoms. The first kappa shape index (κ1) is 17.8. The van der Waals surface area contributed by atoms with E-state index in [-0.39, 0.29) is 12.2 Å². The van der Waals surface area contributed by atoms with Gasteiger partial charge in [-0.05, 0) is 38.5 Å². The fourth-order valence-electron chi connectivity index (χ4n) is 2.78. The van der Waals surface area contributed by atoms with E-state index in [0.717, 1.165) is 29.7 Å². The lowest BCUT2D eigenvalue weighted by Crippen LogP contribution is -2.22. The van der Waals surface area contributed by atoms with E-state index in [2.05, 4.69) is 24.1 Å². The number of nitrogens with one attached hydrogen (secondary N) is 1. The number of fused-ring (bicyclic) bond motifs is 1. The molecule has 0 aliphatic carbocycles. The SMILES string of the molecule is CCN(CC)c1ccc2c(C)c(CCOC(=O)NC)c(=O)oc2c1. The number of carbonyl (C=O) groups is 1. The predicted molar refractivity (Wildman–Crippen MR) is 94.9 cm³/mol. The maximum atomic E-state index is 12.3. The highest BCUT2D eigenvalue weighted by Crippen LogP contribution is 2.25. The normalized spacial score (nSPS) is 10.7. The van der Waals surface area contributed by atoms with Crippen molar-refractivity contribution in [3.8, 4) is 0 Å². The van der Waals surface area contributed by atoms with Crippen molar-refractivity contribution in [3.05, 3.63) is 39.7 Å². The molecule has 6 nitrogen and oxygen atoms in total. The van der Waals surface area contributed by atoms with Crippen LogP contribution >= 0.6 is 0 Å². The lowest BCUT2D eigenvalue weighted by molar-refractivity contribution is 0.149. The zero-order valence-corrected chi connectivity index (χ0v) is 14.6. The van der Waals surface area contributed by atoms with Crippen LogP contribution in [0.3, 0.4) is 0 Å². The minimum Gasteiger partial charge on any atom is -0.449 e. The topological polar surface area (TPSA) is 71.8 Å². The zero-order valence-electron chi connectivity index (χ0n) is 14.6. The first-order valence-corrected chi connectivity index (χ1v) is 8.17. The summed E-state index contributed by atoms with van der Waals surface area (Å²) >= 11 is 0. The Bertz CT molecular complexity index is 778. The molecule has 0 aliphatic heterocycles. The van der Waals surface area contributed by atoms with Crippen molar-refractivity contribution in [2.75, 3.05) is 31.6 Å². The molecule has 0 saturated carbocycles. The summed E-state index contributed by atoms with van der Waals surface area (Å²) < 4.78 is 10.5. The van der Waals surface area contributed by atoms with Crippen LogP contribution in [0.15, 0.2) is 27.4 Å². The molecular weight excluding hydrogens is 308 g/mol. The van der Waals surface area contributed by atoms with Crippen molar-refractivity contribution in [1.29, 1.82) is 0 Å². The van der Waals surface area contributed by atoms with Crippen LogP contribution in [-0.4, -0.2) is 32.8 Å². The Hall–Kier alpha value is -2.50. The minimum atomic E-state index is -0.512. The predicted octanol–water partition coefficient (Wildman–Crippen LogP) is 2.85. The van der Waals surface area contributed by atoms with Crippen LogP contribution in [-0.2, 0) is 11.2 Å². The maximum Gasteiger partial charge on any atom is 0.406 e. The zero-order chi connectivity index (χ0) is 17.7. The highest BCUT2D eigenvalue weighted by atomic mass is 16.5. The van der Waals surface area contributed by atoms with Crippen LogP contribution in [0, 0.1) is 6.92 Å². The second kappa shape index (κ2) is 7.86. The molecule has 1 heterocycles. The van der Waals surface area contributed by atoms with Crippen LogP contribution in [0.25, 0.3) is 11.0 Å². The molecule has 6 heteroatoms. The Morgan fingerprint density at radius 1 is 1.29 bits per heavy atom. The van der Waals surface area contributed by atoms with Crippen molar-refractivity contribution in [2.24, 2.45) is 0 Å². The van der Waals surface area contributed by atoms with Crippen molar-refractivity contribution in [2.45, 2.75) is 27.2 Å². The van der Waals surface area contributed by atoms with Gasteiger partial charge in [0.05, 0.1) is 6.61 Å². The molecule has 1 aromatic heterocycles. The molecule has 0 aliphatic rings. The minimum absolute atomic E-state index is 0.133. The van der Waals surface area contributed by atoms with E-state index in [1.807, 2.05) is 25.1 Å². The third kappa shape index (κ3) is 3.69. The van der Waals surface area contributed by atoms with Gasteiger partial charge in [-0.25, -0.2) is 9.59 Å². The Morgan fingerprint density at radius 2 is 2.00 bits per heavy atom. The Morgan fingerprint density at radius 3 is 2.62 bits per heavy atom. The Labute approximate surface area is 141 Å². The molecule has 0 atom stereocenters. The van der Waals surface area contributed by atoms with E-state index in [4.69, 9.17) is 9.15 Å². The highest BCUT2D eigenvalue weighted by Gasteiger charge is 2.13. The first-order chi connectivity index (χ1) is 11.5. The van der Waals surface area contributed by atoms with Crippen molar-refractivity contribution < 1.29 is 13.9 Å². The summed E-state index contributed by atoms with van der Waals surface area (Å²) in [6.45, 7) is 7.98. The van der Waals surface area contributed by atoms with E-state index in [0.29, 0.717) is 17.6 Å². The fraction of sp³-hybridized carbons (Fsp3) is 0.444. The molecule has 130 valence electrons. The summed E-state index contributed by atoms with van der Waals surface area (Å²) in [7, 11) is 1.49. The first-order valence-electron chi connectivity index (χ1n) is 8.17. The van der Waals surface area contributed by atoms with Gasteiger partial charge in [0.2, 0.25) is 0 Å². The molecule has 2 aromatic rings. The summed E-state index contributed by atoms with van der Waals surface area (Å²) in [6, 6.07) is 5.92. The van der Waals surface area contributed by atoms with Gasteiger partial charge in [-0.1, -0.05) is 0 Å². The summed E-state index contributed by atoms with van der Waals surface area (Å²) in [5.41, 5.74) is 2.65. The summed E-state index contributed by atoms with van der Waals surface area (Å²) in [6.07, 6.45) is -0.184. The Kier molecular flexibility index (Phi) is 5.84. The van der Waals surface area contributed by atoms with Gasteiger partial charge in [0, 0.05) is 49.3 Å². The number of benzene rings is 1. The number of hydrogen-bond donors (Lipinski definition) is 1. The number of hydrogen-bond acceptors (Lipinski definition) is 5. The van der Waals surface area contributed by atoms with E-state index >= 15 is 0 Å². The number of carbonyl (C=O) groups excluding carboxylic acids is 1. The quantitative estimate of drug-likeness (QED) is 0.824. The highest BCUT2D eigenvalue weighted by molar-refractivity contribution is 5.84. The summed E-state index contributed by atoms with van der Waals surface area (Å²) in [5, 5.41) is 3.27. The van der Waals surface area contributed by atoms with Crippen molar-refractivity contribution in [3.63, 3.8) is 0 Å². The number of aryl methyl sites for hydroxylation is 1. The Balaban J connectivity index is 2.34. The van der Waals surface area contributed by atoms with Gasteiger partial charge in [-0.15, -0.1) is 0 Å². The van der Waals surface area contributed by atoms with Gasteiger partial charge in [0.25, 0.3) is 0 Å². The molecule has 0 unspecified atom stereocenters. The number of alkyl carbamates (subject to hydrolysis) is 1. The molecule has 0 bridgehead atoms. The summed E-state index contributed by atoms with van der Waals surface area (Å²) in [5.74, 6) is 0. The fourth-order valence-corrected chi connectivity index (χ4v) is 2.78. The second-order valence-electron chi connectivity index (χ2n) is 5.48. The van der Waals surface area contributed by atoms with Crippen LogP contribution in [0.2, 0.25) is 0 Å². The van der Waals surface area contributed by atoms with E-state index in [9.17, 15) is 9.59 Å². The van der Waals surface area contributed by atoms with E-state index in [1.165, 1.54) is 7.05 Å². The van der Waals surface area contributed by atoms with Crippen molar-refractivity contribution in [1.82, 2.24) is 5.32 Å². The molecule has 0 fully saturated rings. The lowest BCUT2D eigenvalue weighted by Gasteiger charge is -2.21. The van der Waals surface area contributed by atoms with Crippen LogP contribution in [0.1, 0.15) is 25.0 Å². The van der Waals surface area contributed by atoms with Gasteiger partial charge in [-0.3, -0.25) is 0 Å². The van der Waals surface area contributed by atoms with E-state index < -0.39 is 6.09 Å². The van der Waals surface area contributed by atoms with Gasteiger partial charge in [0.1, 0.15) is 5.58 Å². The van der Waals surface area contributed by atoms with Crippen LogP contribution in [0.5, 0.6) is 0 Å². The molecule has 0 radical (unpaired) electrons. The molecule has 2 rings (SSSR count). The smallest absolute Gasteiger partial charge is 0.406 e. The standard InChI is InChI=1S/C18H24N2O4/c1-5-20(6-2)13-7-8-14-12(3)15(9-10-23-18(22)19-4)17(21)24-16(14)11-13/h7-8,11H,5-6,9-10H2,1-4H3,(H,19,22). The maximum absolute atomic E-state index is 12.3. The molecule has 0 saturated heterocycles. The monoisotopic (exact) mass is 332 g/mol. The molecular formula is C18H24N2O4. The number of anilines is 1. The average Bonchev–Trinajstić information content (AvgIpc) is 2.58. The molecule has 1 aromatic carbocycles. The second-order valence-corrected chi connectivity index (χ2v) is 5.48. The molecule has 24 heavy (non-hydrogen) atoms. The number of rotatable bonds is 6. The van der Waals surface area contributed by atoms with Gasteiger partial charge >= 0.3 is 11.7 Å². The number of amides is 1. The average molecular weight is 332 g/mol. The largest absolute Gasteiger partial charge is 0.449 e. The van der Waals surface area contributed by atoms with Crippen LogP contribution in [0.4, 0.5) is 10.5 Å². The van der Waals surface area contributed by atoms with E-state index in [1.54, 1.807) is 0 Å². The lowest BCUT2D eigenvalue weighted by atomic mass is 10.0. The van der Waals surface area contributed by atoms with Crippen molar-refractivity contribution >= 4 is 22.7 Å². The van der Waals surface area contributed by atoms with Gasteiger partial charge in [-0.2, -0.15) is 0 Å². The van der Waals surface area contributed by atoms with Crippen LogP contribution < -0.4 is 15.8 Å². The number of nitrogens with zero attached hydrogens (tertiary/aromatic N) is 1. The third-order valence-electron chi connectivity index (χ3n) is 4.19. The summed E-state index contributed by atoms with van der Waals surface area (Å²) in [4.78, 5) is 25.6.